The summed E-state index contributed by atoms with van der Waals surface area (Å²) < 4.78 is 12.4. The first-order chi connectivity index (χ1) is 14.7. The van der Waals surface area contributed by atoms with Gasteiger partial charge in [-0.15, -0.1) is 5.10 Å². The number of anilines is 3. The quantitative estimate of drug-likeness (QED) is 0.636. The van der Waals surface area contributed by atoms with Crippen molar-refractivity contribution in [3.63, 3.8) is 0 Å². The molecule has 1 aliphatic rings. The molecule has 0 unspecified atom stereocenters. The average Bonchev–Trinajstić information content (AvgIpc) is 3.22. The number of carbonyl (C=O) groups is 1. The molecule has 1 fully saturated rings. The Balaban J connectivity index is 1.62. The number of carbonyl (C=O) groups excluding carboxylic acids is 1. The maximum Gasteiger partial charge on any atom is 0.254 e. The van der Waals surface area contributed by atoms with Crippen molar-refractivity contribution >= 4 is 23.5 Å². The van der Waals surface area contributed by atoms with E-state index in [1.54, 1.807) is 48.1 Å². The summed E-state index contributed by atoms with van der Waals surface area (Å²) in [6.07, 6.45) is 1.69. The second kappa shape index (κ2) is 8.78. The van der Waals surface area contributed by atoms with Gasteiger partial charge in [0.2, 0.25) is 11.9 Å². The van der Waals surface area contributed by atoms with Crippen LogP contribution in [0.5, 0.6) is 5.75 Å². The van der Waals surface area contributed by atoms with Gasteiger partial charge in [-0.3, -0.25) is 4.79 Å². The average molecular weight is 409 g/mol. The SMILES string of the molecule is CNc1nc(Nc2cc(C(=O)N3CCOCC3)ccc2OC)nn1-c1ccccn1. The second-order valence-electron chi connectivity index (χ2n) is 6.55. The summed E-state index contributed by atoms with van der Waals surface area (Å²) in [5.41, 5.74) is 1.15. The van der Waals surface area contributed by atoms with Gasteiger partial charge in [-0.1, -0.05) is 6.07 Å². The van der Waals surface area contributed by atoms with E-state index in [9.17, 15) is 4.79 Å². The number of nitrogens with one attached hydrogen (secondary N) is 2. The number of pyridine rings is 1. The van der Waals surface area contributed by atoms with Gasteiger partial charge in [0.05, 0.1) is 26.0 Å². The summed E-state index contributed by atoms with van der Waals surface area (Å²) in [5, 5.41) is 10.7. The lowest BCUT2D eigenvalue weighted by molar-refractivity contribution is 0.0303. The van der Waals surface area contributed by atoms with Crippen LogP contribution >= 0.6 is 0 Å². The lowest BCUT2D eigenvalue weighted by Gasteiger charge is -2.27. The minimum atomic E-state index is -0.0492. The number of ether oxygens (including phenoxy) is 2. The van der Waals surface area contributed by atoms with E-state index in [1.165, 1.54) is 0 Å². The van der Waals surface area contributed by atoms with Crippen LogP contribution in [0.2, 0.25) is 0 Å². The normalized spacial score (nSPS) is 13.7. The number of aromatic nitrogens is 4. The molecule has 3 heterocycles. The van der Waals surface area contributed by atoms with Gasteiger partial charge in [0.1, 0.15) is 5.75 Å². The lowest BCUT2D eigenvalue weighted by atomic mass is 10.1. The van der Waals surface area contributed by atoms with E-state index in [0.29, 0.717) is 61.0 Å². The molecule has 156 valence electrons. The van der Waals surface area contributed by atoms with E-state index in [2.05, 4.69) is 25.7 Å². The zero-order valence-corrected chi connectivity index (χ0v) is 16.8. The monoisotopic (exact) mass is 409 g/mol. The molecule has 30 heavy (non-hydrogen) atoms. The molecule has 4 rings (SSSR count). The molecule has 1 amide bonds. The van der Waals surface area contributed by atoms with Crippen LogP contribution in [-0.2, 0) is 4.74 Å². The van der Waals surface area contributed by atoms with Gasteiger partial charge in [0, 0.05) is 31.9 Å². The number of benzene rings is 1. The topological polar surface area (TPSA) is 106 Å². The van der Waals surface area contributed by atoms with Crippen molar-refractivity contribution in [1.29, 1.82) is 0 Å². The molecular formula is C20H23N7O3. The van der Waals surface area contributed by atoms with E-state index < -0.39 is 0 Å². The predicted octanol–water partition coefficient (Wildman–Crippen LogP) is 1.93. The molecular weight excluding hydrogens is 386 g/mol. The Hall–Kier alpha value is -3.66. The third-order valence-corrected chi connectivity index (χ3v) is 4.69. The van der Waals surface area contributed by atoms with E-state index in [4.69, 9.17) is 9.47 Å². The standard InChI is InChI=1S/C20H23N7O3/c1-21-20-24-19(25-27(20)17-5-3-4-8-22-17)23-15-13-14(6-7-16(15)29-2)18(28)26-9-11-30-12-10-26/h3-8,13H,9-12H2,1-2H3,(H2,21,23,24,25). The molecule has 0 saturated carbocycles. The van der Waals surface area contributed by atoms with Gasteiger partial charge in [-0.2, -0.15) is 9.67 Å². The van der Waals surface area contributed by atoms with Crippen molar-refractivity contribution in [2.75, 3.05) is 51.1 Å². The molecule has 3 aromatic rings. The summed E-state index contributed by atoms with van der Waals surface area (Å²) in [6, 6.07) is 10.8. The highest BCUT2D eigenvalue weighted by molar-refractivity contribution is 5.96. The fraction of sp³-hybridized carbons (Fsp3) is 0.300. The van der Waals surface area contributed by atoms with Crippen LogP contribution in [0.4, 0.5) is 17.6 Å². The van der Waals surface area contributed by atoms with Gasteiger partial charge in [0.15, 0.2) is 5.82 Å². The van der Waals surface area contributed by atoms with Crippen LogP contribution in [0.25, 0.3) is 5.82 Å². The van der Waals surface area contributed by atoms with Gasteiger partial charge < -0.3 is 25.0 Å². The molecule has 1 aliphatic heterocycles. The third-order valence-electron chi connectivity index (χ3n) is 4.69. The first kappa shape index (κ1) is 19.6. The Morgan fingerprint density at radius 2 is 2.03 bits per heavy atom. The zero-order valence-electron chi connectivity index (χ0n) is 16.8. The van der Waals surface area contributed by atoms with Crippen LogP contribution in [0.1, 0.15) is 10.4 Å². The minimum absolute atomic E-state index is 0.0492. The fourth-order valence-electron chi connectivity index (χ4n) is 3.17. The van der Waals surface area contributed by atoms with Crippen LogP contribution in [-0.4, -0.2) is 71.0 Å². The van der Waals surface area contributed by atoms with Crippen LogP contribution in [0.3, 0.4) is 0 Å². The smallest absolute Gasteiger partial charge is 0.254 e. The maximum absolute atomic E-state index is 12.8. The number of hydrogen-bond donors (Lipinski definition) is 2. The van der Waals surface area contributed by atoms with Crippen molar-refractivity contribution in [2.45, 2.75) is 0 Å². The highest BCUT2D eigenvalue weighted by Gasteiger charge is 2.20. The van der Waals surface area contributed by atoms with Crippen LogP contribution < -0.4 is 15.4 Å². The van der Waals surface area contributed by atoms with Crippen molar-refractivity contribution in [3.05, 3.63) is 48.2 Å². The van der Waals surface area contributed by atoms with Crippen molar-refractivity contribution in [1.82, 2.24) is 24.6 Å². The number of methoxy groups -OCH3 is 1. The second-order valence-corrected chi connectivity index (χ2v) is 6.55. The number of rotatable bonds is 6. The zero-order chi connectivity index (χ0) is 20.9. The van der Waals surface area contributed by atoms with Gasteiger partial charge in [-0.05, 0) is 30.3 Å². The van der Waals surface area contributed by atoms with Gasteiger partial charge >= 0.3 is 0 Å². The van der Waals surface area contributed by atoms with E-state index in [-0.39, 0.29) is 5.91 Å². The number of morpholine rings is 1. The molecule has 1 saturated heterocycles. The van der Waals surface area contributed by atoms with Crippen LogP contribution in [0, 0.1) is 0 Å². The Morgan fingerprint density at radius 1 is 1.20 bits per heavy atom. The first-order valence-corrected chi connectivity index (χ1v) is 9.58. The van der Waals surface area contributed by atoms with Crippen molar-refractivity contribution in [3.8, 4) is 11.6 Å². The summed E-state index contributed by atoms with van der Waals surface area (Å²) in [6.45, 7) is 2.26. The number of amides is 1. The highest BCUT2D eigenvalue weighted by Crippen LogP contribution is 2.29. The molecule has 10 heteroatoms. The predicted molar refractivity (Wildman–Crippen MR) is 112 cm³/mol. The summed E-state index contributed by atoms with van der Waals surface area (Å²) in [4.78, 5) is 23.4. The Labute approximate surface area is 173 Å². The molecule has 2 aromatic heterocycles. The van der Waals surface area contributed by atoms with E-state index in [0.717, 1.165) is 0 Å². The largest absolute Gasteiger partial charge is 0.495 e. The third kappa shape index (κ3) is 4.03. The number of nitrogens with zero attached hydrogens (tertiary/aromatic N) is 5. The molecule has 1 aromatic carbocycles. The Bertz CT molecular complexity index is 1020. The molecule has 2 N–H and O–H groups in total. The fourth-order valence-corrected chi connectivity index (χ4v) is 3.17. The molecule has 0 atom stereocenters. The van der Waals surface area contributed by atoms with Crippen molar-refractivity contribution < 1.29 is 14.3 Å². The summed E-state index contributed by atoms with van der Waals surface area (Å²) in [5.74, 6) is 2.03. The first-order valence-electron chi connectivity index (χ1n) is 9.58. The molecule has 0 spiro atoms. The van der Waals surface area contributed by atoms with E-state index in [1.807, 2.05) is 18.2 Å². The van der Waals surface area contributed by atoms with Gasteiger partial charge in [-0.25, -0.2) is 4.98 Å². The lowest BCUT2D eigenvalue weighted by Crippen LogP contribution is -2.40. The number of hydrogen-bond acceptors (Lipinski definition) is 8. The molecule has 0 radical (unpaired) electrons. The summed E-state index contributed by atoms with van der Waals surface area (Å²) in [7, 11) is 3.33. The molecule has 0 bridgehead atoms. The van der Waals surface area contributed by atoms with Crippen LogP contribution in [0.15, 0.2) is 42.6 Å². The summed E-state index contributed by atoms with van der Waals surface area (Å²) >= 11 is 0. The highest BCUT2D eigenvalue weighted by atomic mass is 16.5. The Morgan fingerprint density at radius 3 is 2.73 bits per heavy atom. The molecule has 10 nitrogen and oxygen atoms in total. The minimum Gasteiger partial charge on any atom is -0.495 e. The van der Waals surface area contributed by atoms with Gasteiger partial charge in [0.25, 0.3) is 5.91 Å². The maximum atomic E-state index is 12.8. The molecule has 0 aliphatic carbocycles. The van der Waals surface area contributed by atoms with E-state index >= 15 is 0 Å². The van der Waals surface area contributed by atoms with Crippen molar-refractivity contribution in [2.24, 2.45) is 0 Å². The Kier molecular flexibility index (Phi) is 5.75.